The third-order valence-electron chi connectivity index (χ3n) is 2.85. The summed E-state index contributed by atoms with van der Waals surface area (Å²) in [5, 5.41) is 4.74. The van der Waals surface area contributed by atoms with Crippen LogP contribution in [0, 0.1) is 6.92 Å². The van der Waals surface area contributed by atoms with Gasteiger partial charge in [-0.2, -0.15) is 0 Å². The molecule has 3 rings (SSSR count). The summed E-state index contributed by atoms with van der Waals surface area (Å²) >= 11 is 1.39. The van der Waals surface area contributed by atoms with E-state index in [0.29, 0.717) is 11.4 Å². The second kappa shape index (κ2) is 5.38. The molecule has 20 heavy (non-hydrogen) atoms. The number of rotatable bonds is 4. The molecular formula is C15H13NO3S. The van der Waals surface area contributed by atoms with Crippen LogP contribution in [0.25, 0.3) is 11.3 Å². The Labute approximate surface area is 120 Å². The molecule has 0 fully saturated rings. The Morgan fingerprint density at radius 2 is 2.25 bits per heavy atom. The standard InChI is InChI=1S/C15H13NO3S/c1-10-4-5-12(19-10)8-16-15(17)14-7-11(9-20-14)13-3-2-6-18-13/h2-7,9H,8H2,1H3,(H,16,17). The molecule has 0 atom stereocenters. The Bertz CT molecular complexity index is 709. The normalized spacial score (nSPS) is 10.7. The van der Waals surface area contributed by atoms with Gasteiger partial charge in [-0.15, -0.1) is 11.3 Å². The molecule has 0 radical (unpaired) electrons. The molecule has 4 nitrogen and oxygen atoms in total. The van der Waals surface area contributed by atoms with Gasteiger partial charge in [0.2, 0.25) is 0 Å². The fourth-order valence-electron chi connectivity index (χ4n) is 1.86. The second-order valence-corrected chi connectivity index (χ2v) is 5.28. The predicted molar refractivity (Wildman–Crippen MR) is 76.6 cm³/mol. The van der Waals surface area contributed by atoms with Crippen molar-refractivity contribution in [2.45, 2.75) is 13.5 Å². The lowest BCUT2D eigenvalue weighted by atomic mass is 10.2. The van der Waals surface area contributed by atoms with Crippen LogP contribution in [0.4, 0.5) is 0 Å². The molecule has 3 aromatic heterocycles. The summed E-state index contributed by atoms with van der Waals surface area (Å²) in [6, 6.07) is 9.26. The Balaban J connectivity index is 1.65. The highest BCUT2D eigenvalue weighted by Gasteiger charge is 2.11. The fraction of sp³-hybridized carbons (Fsp3) is 0.133. The van der Waals surface area contributed by atoms with Crippen LogP contribution in [0.1, 0.15) is 21.2 Å². The van der Waals surface area contributed by atoms with Crippen molar-refractivity contribution in [3.05, 3.63) is 58.4 Å². The summed E-state index contributed by atoms with van der Waals surface area (Å²) in [5.74, 6) is 2.24. The molecule has 0 saturated heterocycles. The first-order valence-corrected chi connectivity index (χ1v) is 7.06. The number of hydrogen-bond acceptors (Lipinski definition) is 4. The van der Waals surface area contributed by atoms with E-state index < -0.39 is 0 Å². The van der Waals surface area contributed by atoms with Crippen molar-refractivity contribution in [2.75, 3.05) is 0 Å². The van der Waals surface area contributed by atoms with Gasteiger partial charge in [-0.3, -0.25) is 4.79 Å². The van der Waals surface area contributed by atoms with Crippen LogP contribution in [0.2, 0.25) is 0 Å². The summed E-state index contributed by atoms with van der Waals surface area (Å²) in [6.45, 7) is 2.26. The molecule has 0 aliphatic heterocycles. The lowest BCUT2D eigenvalue weighted by Crippen LogP contribution is -2.21. The van der Waals surface area contributed by atoms with E-state index in [1.807, 2.05) is 42.6 Å². The largest absolute Gasteiger partial charge is 0.465 e. The minimum absolute atomic E-state index is 0.109. The van der Waals surface area contributed by atoms with E-state index in [0.717, 1.165) is 22.8 Å². The van der Waals surface area contributed by atoms with E-state index in [2.05, 4.69) is 5.32 Å². The maximum absolute atomic E-state index is 12.0. The number of thiophene rings is 1. The van der Waals surface area contributed by atoms with Gasteiger partial charge in [-0.25, -0.2) is 0 Å². The molecule has 0 unspecified atom stereocenters. The van der Waals surface area contributed by atoms with Crippen LogP contribution < -0.4 is 5.32 Å². The molecule has 3 heterocycles. The highest BCUT2D eigenvalue weighted by Crippen LogP contribution is 2.25. The summed E-state index contributed by atoms with van der Waals surface area (Å²) in [6.07, 6.45) is 1.62. The van der Waals surface area contributed by atoms with Crippen molar-refractivity contribution in [1.29, 1.82) is 0 Å². The summed E-state index contributed by atoms with van der Waals surface area (Å²) < 4.78 is 10.7. The molecule has 0 aliphatic carbocycles. The third-order valence-corrected chi connectivity index (χ3v) is 3.78. The van der Waals surface area contributed by atoms with Crippen molar-refractivity contribution in [3.63, 3.8) is 0 Å². The SMILES string of the molecule is Cc1ccc(CNC(=O)c2cc(-c3ccco3)cs2)o1. The molecule has 0 saturated carbocycles. The molecule has 0 spiro atoms. The van der Waals surface area contributed by atoms with Crippen LogP contribution in [0.3, 0.4) is 0 Å². The summed E-state index contributed by atoms with van der Waals surface area (Å²) in [5.41, 5.74) is 0.916. The van der Waals surface area contributed by atoms with Gasteiger partial charge >= 0.3 is 0 Å². The minimum atomic E-state index is -0.109. The number of hydrogen-bond donors (Lipinski definition) is 1. The topological polar surface area (TPSA) is 55.4 Å². The Morgan fingerprint density at radius 3 is 2.95 bits per heavy atom. The number of nitrogens with one attached hydrogen (secondary N) is 1. The van der Waals surface area contributed by atoms with Crippen molar-refractivity contribution in [3.8, 4) is 11.3 Å². The van der Waals surface area contributed by atoms with Gasteiger partial charge < -0.3 is 14.2 Å². The van der Waals surface area contributed by atoms with Gasteiger partial charge in [0.1, 0.15) is 17.3 Å². The minimum Gasteiger partial charge on any atom is -0.465 e. The zero-order chi connectivity index (χ0) is 13.9. The lowest BCUT2D eigenvalue weighted by Gasteiger charge is -2.00. The lowest BCUT2D eigenvalue weighted by molar-refractivity contribution is 0.0952. The van der Waals surface area contributed by atoms with Crippen molar-refractivity contribution < 1.29 is 13.6 Å². The van der Waals surface area contributed by atoms with E-state index in [9.17, 15) is 4.79 Å². The number of carbonyl (C=O) groups is 1. The van der Waals surface area contributed by atoms with E-state index in [1.54, 1.807) is 6.26 Å². The van der Waals surface area contributed by atoms with Crippen LogP contribution in [-0.4, -0.2) is 5.91 Å². The van der Waals surface area contributed by atoms with Gasteiger partial charge in [0.25, 0.3) is 5.91 Å². The van der Waals surface area contributed by atoms with Crippen LogP contribution in [0.15, 0.2) is 50.8 Å². The smallest absolute Gasteiger partial charge is 0.261 e. The molecule has 0 aromatic carbocycles. The average Bonchev–Trinajstić information content (AvgIpc) is 3.16. The van der Waals surface area contributed by atoms with Crippen molar-refractivity contribution in [2.24, 2.45) is 0 Å². The molecule has 102 valence electrons. The highest BCUT2D eigenvalue weighted by molar-refractivity contribution is 7.12. The quantitative estimate of drug-likeness (QED) is 0.793. The van der Waals surface area contributed by atoms with Crippen LogP contribution >= 0.6 is 11.3 Å². The third kappa shape index (κ3) is 2.67. The van der Waals surface area contributed by atoms with Crippen molar-refractivity contribution in [1.82, 2.24) is 5.32 Å². The molecule has 0 bridgehead atoms. The molecule has 1 amide bonds. The monoisotopic (exact) mass is 287 g/mol. The first-order chi connectivity index (χ1) is 9.72. The molecule has 1 N–H and O–H groups in total. The molecule has 0 aliphatic rings. The summed E-state index contributed by atoms with van der Waals surface area (Å²) in [7, 11) is 0. The number of carbonyl (C=O) groups excluding carboxylic acids is 1. The highest BCUT2D eigenvalue weighted by atomic mass is 32.1. The van der Waals surface area contributed by atoms with Crippen LogP contribution in [0.5, 0.6) is 0 Å². The van der Waals surface area contributed by atoms with E-state index in [-0.39, 0.29) is 5.91 Å². The zero-order valence-electron chi connectivity index (χ0n) is 10.9. The number of furan rings is 2. The van der Waals surface area contributed by atoms with Gasteiger partial charge in [0.05, 0.1) is 17.7 Å². The molecule has 3 aromatic rings. The molecule has 5 heteroatoms. The number of amides is 1. The first kappa shape index (κ1) is 12.7. The summed E-state index contributed by atoms with van der Waals surface area (Å²) in [4.78, 5) is 12.7. The Kier molecular flexibility index (Phi) is 3.43. The zero-order valence-corrected chi connectivity index (χ0v) is 11.7. The van der Waals surface area contributed by atoms with Crippen LogP contribution in [-0.2, 0) is 6.54 Å². The van der Waals surface area contributed by atoms with E-state index in [4.69, 9.17) is 8.83 Å². The fourth-order valence-corrected chi connectivity index (χ4v) is 2.67. The predicted octanol–water partition coefficient (Wildman–Crippen LogP) is 3.84. The van der Waals surface area contributed by atoms with E-state index >= 15 is 0 Å². The Morgan fingerprint density at radius 1 is 1.35 bits per heavy atom. The second-order valence-electron chi connectivity index (χ2n) is 4.37. The van der Waals surface area contributed by atoms with Gasteiger partial charge in [0, 0.05) is 10.9 Å². The number of aryl methyl sites for hydroxylation is 1. The Hall–Kier alpha value is -2.27. The maximum atomic E-state index is 12.0. The average molecular weight is 287 g/mol. The maximum Gasteiger partial charge on any atom is 0.261 e. The first-order valence-electron chi connectivity index (χ1n) is 6.18. The van der Waals surface area contributed by atoms with Crippen molar-refractivity contribution >= 4 is 17.2 Å². The van der Waals surface area contributed by atoms with Gasteiger partial charge in [-0.1, -0.05) is 0 Å². The van der Waals surface area contributed by atoms with E-state index in [1.165, 1.54) is 11.3 Å². The van der Waals surface area contributed by atoms with Gasteiger partial charge in [0.15, 0.2) is 0 Å². The molecular weight excluding hydrogens is 274 g/mol. The van der Waals surface area contributed by atoms with Gasteiger partial charge in [-0.05, 0) is 37.3 Å².